The Morgan fingerprint density at radius 3 is 2.91 bits per heavy atom. The maximum atomic E-state index is 4.54. The fraction of sp³-hybridized carbons (Fsp3) is 0. The minimum absolute atomic E-state index is 0.566. The minimum atomic E-state index is 0.566. The maximum Gasteiger partial charge on any atom is 0.227 e. The molecule has 2 N–H and O–H groups in total. The van der Waals surface area contributed by atoms with Gasteiger partial charge in [0.2, 0.25) is 5.95 Å². The molecule has 0 amide bonds. The smallest absolute Gasteiger partial charge is 0.227 e. The van der Waals surface area contributed by atoms with Gasteiger partial charge in [-0.15, -0.1) is 0 Å². The summed E-state index contributed by atoms with van der Waals surface area (Å²) in [5, 5.41) is 4.39. The van der Waals surface area contributed by atoms with Crippen LogP contribution in [-0.4, -0.2) is 19.9 Å². The zero-order chi connectivity index (χ0) is 14.8. The van der Waals surface area contributed by atoms with Gasteiger partial charge >= 0.3 is 0 Å². The SMILES string of the molecule is c1cncc(-c2ccnc(Nc3ccc4[nH]ccc4c3)n2)c1. The number of hydrogen-bond acceptors (Lipinski definition) is 4. The Morgan fingerprint density at radius 2 is 2.00 bits per heavy atom. The van der Waals surface area contributed by atoms with Crippen molar-refractivity contribution < 1.29 is 0 Å². The monoisotopic (exact) mass is 287 g/mol. The fourth-order valence-electron chi connectivity index (χ4n) is 2.35. The highest BCUT2D eigenvalue weighted by atomic mass is 15.1. The van der Waals surface area contributed by atoms with Crippen LogP contribution in [0.15, 0.2) is 67.3 Å². The first-order valence-corrected chi connectivity index (χ1v) is 6.96. The van der Waals surface area contributed by atoms with Gasteiger partial charge in [-0.05, 0) is 42.5 Å². The number of aromatic amines is 1. The molecule has 106 valence electrons. The van der Waals surface area contributed by atoms with E-state index in [-0.39, 0.29) is 0 Å². The Balaban J connectivity index is 1.65. The molecular formula is C17H13N5. The summed E-state index contributed by atoms with van der Waals surface area (Å²) in [7, 11) is 0. The third-order valence-electron chi connectivity index (χ3n) is 3.42. The lowest BCUT2D eigenvalue weighted by Crippen LogP contribution is -1.97. The number of fused-ring (bicyclic) bond motifs is 1. The van der Waals surface area contributed by atoms with Gasteiger partial charge in [-0.25, -0.2) is 9.97 Å². The van der Waals surface area contributed by atoms with Crippen LogP contribution >= 0.6 is 0 Å². The lowest BCUT2D eigenvalue weighted by molar-refractivity contribution is 1.16. The van der Waals surface area contributed by atoms with E-state index >= 15 is 0 Å². The van der Waals surface area contributed by atoms with Crippen LogP contribution in [0, 0.1) is 0 Å². The molecule has 1 aromatic carbocycles. The second kappa shape index (κ2) is 5.29. The van der Waals surface area contributed by atoms with Gasteiger partial charge in [0.25, 0.3) is 0 Å². The van der Waals surface area contributed by atoms with Gasteiger partial charge in [-0.2, -0.15) is 0 Å². The van der Waals surface area contributed by atoms with Crippen molar-refractivity contribution in [2.24, 2.45) is 0 Å². The first-order valence-electron chi connectivity index (χ1n) is 6.96. The Bertz CT molecular complexity index is 914. The third kappa shape index (κ3) is 2.40. The van der Waals surface area contributed by atoms with Crippen molar-refractivity contribution in [1.29, 1.82) is 0 Å². The van der Waals surface area contributed by atoms with Gasteiger partial charge in [-0.1, -0.05) is 0 Å². The number of nitrogens with one attached hydrogen (secondary N) is 2. The first kappa shape index (κ1) is 12.5. The van der Waals surface area contributed by atoms with Crippen LogP contribution in [0.4, 0.5) is 11.6 Å². The van der Waals surface area contributed by atoms with E-state index in [9.17, 15) is 0 Å². The van der Waals surface area contributed by atoms with E-state index in [1.807, 2.05) is 42.6 Å². The number of benzene rings is 1. The number of anilines is 2. The zero-order valence-corrected chi connectivity index (χ0v) is 11.7. The van der Waals surface area contributed by atoms with Crippen molar-refractivity contribution in [2.45, 2.75) is 0 Å². The van der Waals surface area contributed by atoms with E-state index in [0.717, 1.165) is 27.8 Å². The molecule has 5 heteroatoms. The average molecular weight is 287 g/mol. The van der Waals surface area contributed by atoms with Gasteiger partial charge in [0.05, 0.1) is 5.69 Å². The Hall–Kier alpha value is -3.21. The van der Waals surface area contributed by atoms with Crippen molar-refractivity contribution in [1.82, 2.24) is 19.9 Å². The third-order valence-corrected chi connectivity index (χ3v) is 3.42. The van der Waals surface area contributed by atoms with Gasteiger partial charge in [0.1, 0.15) is 0 Å². The normalized spacial score (nSPS) is 10.7. The molecule has 0 spiro atoms. The van der Waals surface area contributed by atoms with E-state index in [1.165, 1.54) is 0 Å². The van der Waals surface area contributed by atoms with Crippen molar-refractivity contribution >= 4 is 22.5 Å². The molecule has 0 radical (unpaired) electrons. The van der Waals surface area contributed by atoms with Crippen LogP contribution in [0.1, 0.15) is 0 Å². The average Bonchev–Trinajstić information content (AvgIpc) is 3.04. The Morgan fingerprint density at radius 1 is 1.00 bits per heavy atom. The van der Waals surface area contributed by atoms with Crippen LogP contribution in [-0.2, 0) is 0 Å². The van der Waals surface area contributed by atoms with Crippen LogP contribution in [0.3, 0.4) is 0 Å². The van der Waals surface area contributed by atoms with Gasteiger partial charge in [0, 0.05) is 46.9 Å². The van der Waals surface area contributed by atoms with E-state index < -0.39 is 0 Å². The number of rotatable bonds is 3. The predicted octanol–water partition coefficient (Wildman–Crippen LogP) is 3.76. The summed E-state index contributed by atoms with van der Waals surface area (Å²) in [6, 6.07) is 13.9. The van der Waals surface area contributed by atoms with Gasteiger partial charge in [-0.3, -0.25) is 4.98 Å². The van der Waals surface area contributed by atoms with Crippen LogP contribution in [0.5, 0.6) is 0 Å². The number of aromatic nitrogens is 4. The summed E-state index contributed by atoms with van der Waals surface area (Å²) in [6.07, 6.45) is 7.20. The number of hydrogen-bond donors (Lipinski definition) is 2. The molecule has 0 aliphatic carbocycles. The van der Waals surface area contributed by atoms with Crippen LogP contribution in [0.25, 0.3) is 22.2 Å². The first-order chi connectivity index (χ1) is 10.9. The largest absolute Gasteiger partial charge is 0.361 e. The summed E-state index contributed by atoms with van der Waals surface area (Å²) in [5.74, 6) is 0.566. The minimum Gasteiger partial charge on any atom is -0.361 e. The second-order valence-electron chi connectivity index (χ2n) is 4.91. The topological polar surface area (TPSA) is 66.5 Å². The summed E-state index contributed by atoms with van der Waals surface area (Å²) in [4.78, 5) is 16.1. The van der Waals surface area contributed by atoms with E-state index in [0.29, 0.717) is 5.95 Å². The van der Waals surface area contributed by atoms with Crippen molar-refractivity contribution in [3.05, 3.63) is 67.3 Å². The second-order valence-corrected chi connectivity index (χ2v) is 4.91. The standard InChI is InChI=1S/C17H13N5/c1-2-13(11-18-7-1)16-6-9-20-17(22-16)21-14-3-4-15-12(10-14)5-8-19-15/h1-11,19H,(H,20,21,22). The number of nitrogens with zero attached hydrogens (tertiary/aromatic N) is 3. The lowest BCUT2D eigenvalue weighted by atomic mass is 10.2. The molecule has 0 saturated heterocycles. The van der Waals surface area contributed by atoms with E-state index in [2.05, 4.69) is 31.3 Å². The molecule has 0 saturated carbocycles. The summed E-state index contributed by atoms with van der Waals surface area (Å²) < 4.78 is 0. The fourth-order valence-corrected chi connectivity index (χ4v) is 2.35. The molecule has 0 aliphatic heterocycles. The quantitative estimate of drug-likeness (QED) is 0.602. The summed E-state index contributed by atoms with van der Waals surface area (Å²) in [5.41, 5.74) is 3.87. The van der Waals surface area contributed by atoms with Crippen LogP contribution in [0.2, 0.25) is 0 Å². The molecule has 0 aliphatic rings. The molecule has 0 unspecified atom stereocenters. The molecule has 0 atom stereocenters. The predicted molar refractivity (Wildman–Crippen MR) is 86.8 cm³/mol. The molecule has 0 bridgehead atoms. The van der Waals surface area contributed by atoms with E-state index in [1.54, 1.807) is 18.6 Å². The molecule has 3 heterocycles. The highest BCUT2D eigenvalue weighted by Crippen LogP contribution is 2.21. The molecule has 22 heavy (non-hydrogen) atoms. The Kier molecular flexibility index (Phi) is 3.01. The van der Waals surface area contributed by atoms with E-state index in [4.69, 9.17) is 0 Å². The summed E-state index contributed by atoms with van der Waals surface area (Å²) in [6.45, 7) is 0. The zero-order valence-electron chi connectivity index (χ0n) is 11.7. The molecule has 4 aromatic rings. The molecule has 0 fully saturated rings. The van der Waals surface area contributed by atoms with Crippen molar-refractivity contribution in [3.8, 4) is 11.3 Å². The van der Waals surface area contributed by atoms with Gasteiger partial charge in [0.15, 0.2) is 0 Å². The number of H-pyrrole nitrogens is 1. The number of pyridine rings is 1. The van der Waals surface area contributed by atoms with Crippen molar-refractivity contribution in [3.63, 3.8) is 0 Å². The highest BCUT2D eigenvalue weighted by molar-refractivity contribution is 5.83. The van der Waals surface area contributed by atoms with Gasteiger partial charge < -0.3 is 10.3 Å². The molecular weight excluding hydrogens is 274 g/mol. The molecule has 4 rings (SSSR count). The highest BCUT2D eigenvalue weighted by Gasteiger charge is 2.03. The molecule has 3 aromatic heterocycles. The van der Waals surface area contributed by atoms with Crippen LogP contribution < -0.4 is 5.32 Å². The molecule has 5 nitrogen and oxygen atoms in total. The van der Waals surface area contributed by atoms with Crippen molar-refractivity contribution in [2.75, 3.05) is 5.32 Å². The lowest BCUT2D eigenvalue weighted by Gasteiger charge is -2.06. The summed E-state index contributed by atoms with van der Waals surface area (Å²) >= 11 is 0. The maximum absolute atomic E-state index is 4.54. The Labute approximate surface area is 127 Å².